The van der Waals surface area contributed by atoms with Gasteiger partial charge in [-0.3, -0.25) is 14.3 Å². The number of unbranched alkanes of at least 4 members (excludes halogenated alkanes) is 2. The first-order valence-electron chi connectivity index (χ1n) is 11.4. The van der Waals surface area contributed by atoms with Crippen molar-refractivity contribution >= 4 is 33.2 Å². The molecule has 3 rings (SSSR count). The Morgan fingerprint density at radius 3 is 2.33 bits per heavy atom. The Hall–Kier alpha value is -4.05. The average molecular weight is 512 g/mol. The molecule has 0 radical (unpaired) electrons. The Morgan fingerprint density at radius 2 is 1.67 bits per heavy atom. The smallest absolute Gasteiger partial charge is 0.261 e. The first-order chi connectivity index (χ1) is 17.2. The minimum Gasteiger partial charge on any atom is -0.497 e. The zero-order valence-corrected chi connectivity index (χ0v) is 20.9. The number of carbonyl (C=O) groups is 2. The van der Waals surface area contributed by atoms with E-state index in [4.69, 9.17) is 15.2 Å². The van der Waals surface area contributed by atoms with Crippen LogP contribution in [0, 0.1) is 0 Å². The Bertz CT molecular complexity index is 1320. The number of anilines is 2. The van der Waals surface area contributed by atoms with Gasteiger partial charge in [0.05, 0.1) is 29.9 Å². The van der Waals surface area contributed by atoms with Crippen molar-refractivity contribution in [3.63, 3.8) is 0 Å². The standard InChI is InChI=1S/C26H29N3O6S/c1-3-4-5-15-35-21-11-14-24(23(17-21)25(27)30)28-26(31)18-7-6-8-19(16-18)29-36(32,33)22-12-9-20(34-2)10-13-22/h6-14,16-17,29H,3-5,15H2,1-2H3,(H2,27,30)(H,28,31). The topological polar surface area (TPSA) is 137 Å². The monoisotopic (exact) mass is 511 g/mol. The maximum Gasteiger partial charge on any atom is 0.261 e. The van der Waals surface area contributed by atoms with Crippen LogP contribution in [0.3, 0.4) is 0 Å². The predicted molar refractivity (Wildman–Crippen MR) is 138 cm³/mol. The summed E-state index contributed by atoms with van der Waals surface area (Å²) < 4.78 is 38.6. The fourth-order valence-corrected chi connectivity index (χ4v) is 4.40. The molecular weight excluding hydrogens is 482 g/mol. The highest BCUT2D eigenvalue weighted by atomic mass is 32.2. The van der Waals surface area contributed by atoms with Crippen molar-refractivity contribution in [1.82, 2.24) is 0 Å². The molecule has 0 aromatic heterocycles. The molecule has 3 aromatic rings. The lowest BCUT2D eigenvalue weighted by atomic mass is 10.1. The third kappa shape index (κ3) is 6.98. The molecule has 3 aromatic carbocycles. The van der Waals surface area contributed by atoms with Gasteiger partial charge in [0.25, 0.3) is 21.8 Å². The molecule has 0 unspecified atom stereocenters. The molecule has 0 saturated carbocycles. The predicted octanol–water partition coefficient (Wildman–Crippen LogP) is 4.42. The Balaban J connectivity index is 1.74. The van der Waals surface area contributed by atoms with Gasteiger partial charge in [0.2, 0.25) is 0 Å². The van der Waals surface area contributed by atoms with Crippen LogP contribution in [-0.2, 0) is 10.0 Å². The van der Waals surface area contributed by atoms with Gasteiger partial charge in [-0.1, -0.05) is 25.8 Å². The molecule has 0 heterocycles. The summed E-state index contributed by atoms with van der Waals surface area (Å²) in [7, 11) is -2.40. The summed E-state index contributed by atoms with van der Waals surface area (Å²) in [5.74, 6) is -0.253. The van der Waals surface area contributed by atoms with Crippen molar-refractivity contribution in [2.75, 3.05) is 23.8 Å². The van der Waals surface area contributed by atoms with Crippen LogP contribution < -0.4 is 25.2 Å². The van der Waals surface area contributed by atoms with Gasteiger partial charge in [0.15, 0.2) is 0 Å². The van der Waals surface area contributed by atoms with Gasteiger partial charge >= 0.3 is 0 Å². The van der Waals surface area contributed by atoms with E-state index in [-0.39, 0.29) is 27.4 Å². The van der Waals surface area contributed by atoms with Crippen LogP contribution in [0.25, 0.3) is 0 Å². The Kier molecular flexibility index (Phi) is 8.91. The number of rotatable bonds is 12. The van der Waals surface area contributed by atoms with Crippen LogP contribution in [0.15, 0.2) is 71.6 Å². The second kappa shape index (κ2) is 12.1. The van der Waals surface area contributed by atoms with Crippen molar-refractivity contribution in [3.05, 3.63) is 77.9 Å². The molecule has 4 N–H and O–H groups in total. The van der Waals surface area contributed by atoms with Crippen molar-refractivity contribution in [3.8, 4) is 11.5 Å². The summed E-state index contributed by atoms with van der Waals surface area (Å²) in [6.07, 6.45) is 2.98. The van der Waals surface area contributed by atoms with Gasteiger partial charge in [-0.25, -0.2) is 8.42 Å². The van der Waals surface area contributed by atoms with Gasteiger partial charge in [-0.15, -0.1) is 0 Å². The van der Waals surface area contributed by atoms with Gasteiger partial charge < -0.3 is 20.5 Å². The number of amides is 2. The number of ether oxygens (including phenoxy) is 2. The molecule has 2 amide bonds. The summed E-state index contributed by atoms with van der Waals surface area (Å²) in [6, 6.07) is 16.6. The number of methoxy groups -OCH3 is 1. The second-order valence-electron chi connectivity index (χ2n) is 7.94. The van der Waals surface area contributed by atoms with E-state index in [9.17, 15) is 18.0 Å². The average Bonchev–Trinajstić information content (AvgIpc) is 2.87. The zero-order valence-electron chi connectivity index (χ0n) is 20.1. The van der Waals surface area contributed by atoms with Gasteiger partial charge in [-0.2, -0.15) is 0 Å². The summed E-state index contributed by atoms with van der Waals surface area (Å²) in [5, 5.41) is 2.66. The molecule has 190 valence electrons. The van der Waals surface area contributed by atoms with Crippen molar-refractivity contribution in [2.24, 2.45) is 5.73 Å². The number of benzene rings is 3. The minimum atomic E-state index is -3.89. The molecule has 0 fully saturated rings. The summed E-state index contributed by atoms with van der Waals surface area (Å²) in [6.45, 7) is 2.60. The van der Waals surface area contributed by atoms with E-state index in [1.807, 2.05) is 0 Å². The van der Waals surface area contributed by atoms with Crippen molar-refractivity contribution in [2.45, 2.75) is 31.1 Å². The molecule has 0 atom stereocenters. The lowest BCUT2D eigenvalue weighted by Crippen LogP contribution is -2.19. The number of nitrogens with one attached hydrogen (secondary N) is 2. The first kappa shape index (κ1) is 26.6. The number of hydrogen-bond acceptors (Lipinski definition) is 6. The number of nitrogens with two attached hydrogens (primary N) is 1. The fraction of sp³-hybridized carbons (Fsp3) is 0.231. The number of carbonyl (C=O) groups excluding carboxylic acids is 2. The van der Waals surface area contributed by atoms with Crippen LogP contribution in [-0.4, -0.2) is 33.9 Å². The largest absolute Gasteiger partial charge is 0.497 e. The lowest BCUT2D eigenvalue weighted by molar-refractivity contribution is 0.100. The molecule has 36 heavy (non-hydrogen) atoms. The third-order valence-electron chi connectivity index (χ3n) is 5.27. The fourth-order valence-electron chi connectivity index (χ4n) is 3.36. The van der Waals surface area contributed by atoms with Gasteiger partial charge in [0.1, 0.15) is 11.5 Å². The quantitative estimate of drug-likeness (QED) is 0.308. The van der Waals surface area contributed by atoms with Crippen molar-refractivity contribution in [1.29, 1.82) is 0 Å². The van der Waals surface area contributed by atoms with Crippen LogP contribution in [0.4, 0.5) is 11.4 Å². The van der Waals surface area contributed by atoms with Crippen LogP contribution >= 0.6 is 0 Å². The van der Waals surface area contributed by atoms with Gasteiger partial charge in [0, 0.05) is 11.3 Å². The maximum absolute atomic E-state index is 12.9. The molecule has 0 saturated heterocycles. The number of hydrogen-bond donors (Lipinski definition) is 3. The SMILES string of the molecule is CCCCCOc1ccc(NC(=O)c2cccc(NS(=O)(=O)c3ccc(OC)cc3)c2)c(C(N)=O)c1. The lowest BCUT2D eigenvalue weighted by Gasteiger charge is -2.13. The third-order valence-corrected chi connectivity index (χ3v) is 6.67. The van der Waals surface area contributed by atoms with E-state index in [1.54, 1.807) is 18.2 Å². The molecule has 9 nitrogen and oxygen atoms in total. The van der Waals surface area contributed by atoms with Crippen LogP contribution in [0.5, 0.6) is 11.5 Å². The molecule has 0 spiro atoms. The van der Waals surface area contributed by atoms with E-state index in [1.165, 1.54) is 55.6 Å². The van der Waals surface area contributed by atoms with E-state index >= 15 is 0 Å². The molecule has 0 aliphatic rings. The molecule has 0 bridgehead atoms. The summed E-state index contributed by atoms with van der Waals surface area (Å²) in [4.78, 5) is 24.9. The van der Waals surface area contributed by atoms with E-state index in [0.29, 0.717) is 18.1 Å². The highest BCUT2D eigenvalue weighted by molar-refractivity contribution is 7.92. The number of sulfonamides is 1. The summed E-state index contributed by atoms with van der Waals surface area (Å²) >= 11 is 0. The molecule has 10 heteroatoms. The van der Waals surface area contributed by atoms with Crippen LogP contribution in [0.1, 0.15) is 46.9 Å². The second-order valence-corrected chi connectivity index (χ2v) is 9.63. The maximum atomic E-state index is 12.9. The normalized spacial score (nSPS) is 10.9. The highest BCUT2D eigenvalue weighted by Crippen LogP contribution is 2.24. The van der Waals surface area contributed by atoms with Crippen molar-refractivity contribution < 1.29 is 27.5 Å². The van der Waals surface area contributed by atoms with E-state index in [2.05, 4.69) is 17.0 Å². The van der Waals surface area contributed by atoms with E-state index in [0.717, 1.165) is 19.3 Å². The van der Waals surface area contributed by atoms with Gasteiger partial charge in [-0.05, 0) is 67.1 Å². The highest BCUT2D eigenvalue weighted by Gasteiger charge is 2.17. The molecular formula is C26H29N3O6S. The molecule has 0 aliphatic carbocycles. The molecule has 0 aliphatic heterocycles. The Labute approximate surface area is 210 Å². The first-order valence-corrected chi connectivity index (χ1v) is 12.9. The van der Waals surface area contributed by atoms with E-state index < -0.39 is 21.8 Å². The Morgan fingerprint density at radius 1 is 0.944 bits per heavy atom. The summed E-state index contributed by atoms with van der Waals surface area (Å²) in [5.41, 5.74) is 6.21. The zero-order chi connectivity index (χ0) is 26.1. The van der Waals surface area contributed by atoms with Crippen LogP contribution in [0.2, 0.25) is 0 Å². The minimum absolute atomic E-state index is 0.0428. The number of primary amides is 1.